The van der Waals surface area contributed by atoms with Crippen LogP contribution in [-0.2, 0) is 25.7 Å². The van der Waals surface area contributed by atoms with Gasteiger partial charge in [-0.25, -0.2) is 0 Å². The van der Waals surface area contributed by atoms with Crippen molar-refractivity contribution >= 4 is 29.2 Å². The molecule has 2 aliphatic carbocycles. The van der Waals surface area contributed by atoms with E-state index in [1.807, 2.05) is 56.3 Å². The summed E-state index contributed by atoms with van der Waals surface area (Å²) in [6.45, 7) is 6.35. The first kappa shape index (κ1) is 31.9. The van der Waals surface area contributed by atoms with E-state index in [1.54, 1.807) is 21.9 Å². The molecule has 6 rings (SSSR count). The number of hydrogen-bond acceptors (Lipinski definition) is 7. The Hall–Kier alpha value is -4.08. The van der Waals surface area contributed by atoms with Gasteiger partial charge in [0.25, 0.3) is 0 Å². The average molecular weight is 646 g/mol. The zero-order chi connectivity index (χ0) is 32.4. The highest BCUT2D eigenvalue weighted by atomic mass is 35.5. The van der Waals surface area contributed by atoms with Gasteiger partial charge in [-0.05, 0) is 41.5 Å². The lowest BCUT2D eigenvalue weighted by Gasteiger charge is -2.37. The minimum absolute atomic E-state index is 0.0146. The summed E-state index contributed by atoms with van der Waals surface area (Å²) in [5, 5.41) is 14.9. The molecule has 1 saturated heterocycles. The summed E-state index contributed by atoms with van der Waals surface area (Å²) in [6.07, 6.45) is 3.61. The Morgan fingerprint density at radius 3 is 2.54 bits per heavy atom. The molecule has 10 heteroatoms. The highest BCUT2D eigenvalue weighted by molar-refractivity contribution is 6.31. The minimum atomic E-state index is -0.873. The summed E-state index contributed by atoms with van der Waals surface area (Å²) in [4.78, 5) is 44.8. The van der Waals surface area contributed by atoms with Gasteiger partial charge >= 0.3 is 0 Å². The van der Waals surface area contributed by atoms with E-state index in [1.165, 1.54) is 0 Å². The lowest BCUT2D eigenvalue weighted by molar-refractivity contribution is -0.139. The van der Waals surface area contributed by atoms with Gasteiger partial charge in [-0.2, -0.15) is 0 Å². The number of aliphatic hydroxyl groups is 1. The molecular formula is C36H40ClN3O6. The van der Waals surface area contributed by atoms with Gasteiger partial charge in [-0.1, -0.05) is 67.9 Å². The number of amides is 2. The molecule has 0 saturated carbocycles. The van der Waals surface area contributed by atoms with Crippen LogP contribution < -0.4 is 10.1 Å². The van der Waals surface area contributed by atoms with Gasteiger partial charge in [0, 0.05) is 55.1 Å². The van der Waals surface area contributed by atoms with Gasteiger partial charge < -0.3 is 24.8 Å². The van der Waals surface area contributed by atoms with E-state index >= 15 is 0 Å². The third kappa shape index (κ3) is 6.71. The summed E-state index contributed by atoms with van der Waals surface area (Å²) in [5.41, 5.74) is 3.26. The van der Waals surface area contributed by atoms with E-state index in [0.717, 1.165) is 5.56 Å². The molecule has 2 aromatic carbocycles. The Balaban J connectivity index is 1.40. The molecular weight excluding hydrogens is 606 g/mol. The summed E-state index contributed by atoms with van der Waals surface area (Å²) >= 11 is 7.01. The van der Waals surface area contributed by atoms with E-state index in [2.05, 4.69) is 5.32 Å². The number of allylic oxidation sites excluding steroid dienone is 3. The van der Waals surface area contributed by atoms with Gasteiger partial charge in [0.1, 0.15) is 23.8 Å². The first-order valence-corrected chi connectivity index (χ1v) is 16.3. The normalized spacial score (nSPS) is 21.2. The molecule has 2 aromatic rings. The number of carbonyl (C=O) groups excluding carboxylic acids is 3. The van der Waals surface area contributed by atoms with Gasteiger partial charge in [0.05, 0.1) is 25.0 Å². The fraction of sp³-hybridized carbons (Fsp3) is 0.417. The molecule has 0 aromatic heterocycles. The third-order valence-electron chi connectivity index (χ3n) is 8.95. The molecule has 1 unspecified atom stereocenters. The monoisotopic (exact) mass is 645 g/mol. The van der Waals surface area contributed by atoms with Crippen LogP contribution in [0.2, 0.25) is 5.02 Å². The van der Waals surface area contributed by atoms with Crippen molar-refractivity contribution in [3.8, 4) is 5.75 Å². The lowest BCUT2D eigenvalue weighted by Crippen LogP contribution is -2.42. The Kier molecular flexibility index (Phi) is 9.25. The second-order valence-corrected chi connectivity index (χ2v) is 13.4. The van der Waals surface area contributed by atoms with E-state index in [-0.39, 0.29) is 41.6 Å². The number of ether oxygens (including phenoxy) is 2. The molecule has 0 radical (unpaired) electrons. The van der Waals surface area contributed by atoms with E-state index in [0.29, 0.717) is 97.6 Å². The van der Waals surface area contributed by atoms with E-state index < -0.39 is 6.04 Å². The Morgan fingerprint density at radius 2 is 1.80 bits per heavy atom. The molecule has 1 atom stereocenters. The second kappa shape index (κ2) is 13.3. The lowest BCUT2D eigenvalue weighted by atomic mass is 9.73. The fourth-order valence-electron chi connectivity index (χ4n) is 6.70. The molecule has 0 spiro atoms. The molecule has 2 heterocycles. The zero-order valence-electron chi connectivity index (χ0n) is 26.3. The Bertz CT molecular complexity index is 1620. The Labute approximate surface area is 274 Å². The van der Waals surface area contributed by atoms with Crippen molar-refractivity contribution in [3.05, 3.63) is 99.2 Å². The summed E-state index contributed by atoms with van der Waals surface area (Å²) < 4.78 is 11.4. The number of carbonyl (C=O) groups is 3. The van der Waals surface area contributed by atoms with Crippen molar-refractivity contribution in [2.24, 2.45) is 5.41 Å². The number of halogens is 1. The highest BCUT2D eigenvalue weighted by Crippen LogP contribution is 2.49. The second-order valence-electron chi connectivity index (χ2n) is 13.0. The van der Waals surface area contributed by atoms with Crippen molar-refractivity contribution in [2.45, 2.75) is 65.0 Å². The number of benzene rings is 2. The van der Waals surface area contributed by atoms with Crippen molar-refractivity contribution in [1.29, 1.82) is 0 Å². The summed E-state index contributed by atoms with van der Waals surface area (Å²) in [7, 11) is 0. The first-order valence-electron chi connectivity index (χ1n) is 15.9. The van der Waals surface area contributed by atoms with Crippen LogP contribution in [0.25, 0.3) is 0 Å². The predicted molar refractivity (Wildman–Crippen MR) is 174 cm³/mol. The number of rotatable bonds is 7. The van der Waals surface area contributed by atoms with E-state index in [4.69, 9.17) is 21.1 Å². The van der Waals surface area contributed by atoms with Crippen LogP contribution in [0.5, 0.6) is 5.75 Å². The van der Waals surface area contributed by atoms with Gasteiger partial charge in [0.15, 0.2) is 5.78 Å². The molecule has 0 bridgehead atoms. The zero-order valence-corrected chi connectivity index (χ0v) is 27.1. The van der Waals surface area contributed by atoms with Crippen molar-refractivity contribution in [1.82, 2.24) is 15.1 Å². The van der Waals surface area contributed by atoms with Crippen LogP contribution in [0, 0.1) is 5.41 Å². The molecule has 4 aliphatic rings. The smallest absolute Gasteiger partial charge is 0.228 e. The van der Waals surface area contributed by atoms with Crippen LogP contribution in [0.4, 0.5) is 0 Å². The van der Waals surface area contributed by atoms with E-state index in [9.17, 15) is 19.5 Å². The largest absolute Gasteiger partial charge is 0.510 e. The number of Topliss-reactive ketones (excluding diaryl/α,β-unsaturated/α-hetero) is 1. The molecule has 2 aliphatic heterocycles. The van der Waals surface area contributed by atoms with Crippen molar-refractivity contribution in [3.63, 3.8) is 0 Å². The number of fused-ring (bicyclic) bond motifs is 1. The molecule has 2 amide bonds. The number of hydrogen-bond donors (Lipinski definition) is 2. The number of nitrogens with zero attached hydrogens (tertiary/aromatic N) is 2. The number of aliphatic hydroxyl groups excluding tert-OH is 1. The topological polar surface area (TPSA) is 108 Å². The maximum absolute atomic E-state index is 14.4. The third-order valence-corrected chi connectivity index (χ3v) is 9.28. The van der Waals surface area contributed by atoms with Gasteiger partial charge in [-0.15, -0.1) is 0 Å². The fourth-order valence-corrected chi connectivity index (χ4v) is 6.97. The van der Waals surface area contributed by atoms with Crippen LogP contribution in [0.3, 0.4) is 0 Å². The minimum Gasteiger partial charge on any atom is -0.510 e. The SMILES string of the molecule is CC1(C)CC(=O)C2=C(C1)NC1=C(O)CCC=C1N(C(=O)CCC(=O)N1CCOCC1)C2c1ccc(OCc2ccccc2)cc1Cl. The predicted octanol–water partition coefficient (Wildman–Crippen LogP) is 6.12. The number of morpholine rings is 1. The molecule has 9 nitrogen and oxygen atoms in total. The van der Waals surface area contributed by atoms with Crippen molar-refractivity contribution < 1.29 is 29.0 Å². The van der Waals surface area contributed by atoms with Crippen LogP contribution >= 0.6 is 11.6 Å². The summed E-state index contributed by atoms with van der Waals surface area (Å²) in [6, 6.07) is 14.2. The molecule has 2 N–H and O–H groups in total. The maximum Gasteiger partial charge on any atom is 0.228 e. The number of ketones is 1. The quantitative estimate of drug-likeness (QED) is 0.373. The van der Waals surface area contributed by atoms with Gasteiger partial charge in [-0.3, -0.25) is 19.3 Å². The maximum atomic E-state index is 14.4. The first-order chi connectivity index (χ1) is 22.1. The molecule has 1 fully saturated rings. The Morgan fingerprint density at radius 1 is 1.07 bits per heavy atom. The van der Waals surface area contributed by atoms with Gasteiger partial charge in [0.2, 0.25) is 11.8 Å². The molecule has 46 heavy (non-hydrogen) atoms. The van der Waals surface area contributed by atoms with Crippen LogP contribution in [0.15, 0.2) is 83.0 Å². The van der Waals surface area contributed by atoms with Crippen molar-refractivity contribution in [2.75, 3.05) is 26.3 Å². The standard InChI is InChI=1S/C36H40ClN3O6/c1-36(2)20-27-33(30(42)21-36)35(25-12-11-24(19-26(25)37)46-22-23-7-4-3-5-8-23)40(28-9-6-10-29(41)34(28)38-27)32(44)14-13-31(43)39-15-17-45-18-16-39/h3-5,7-9,11-12,19,35,38,41H,6,10,13-18,20-22H2,1-2H3. The average Bonchev–Trinajstić information content (AvgIpc) is 3.18. The summed E-state index contributed by atoms with van der Waals surface area (Å²) in [5.74, 6) is 0.132. The van der Waals surface area contributed by atoms with Crippen LogP contribution in [0.1, 0.15) is 69.5 Å². The molecule has 242 valence electrons. The number of nitrogens with one attached hydrogen (secondary N) is 1. The highest BCUT2D eigenvalue weighted by Gasteiger charge is 2.45. The van der Waals surface area contributed by atoms with Crippen LogP contribution in [-0.4, -0.2) is 58.8 Å².